The zero-order valence-electron chi connectivity index (χ0n) is 11.5. The van der Waals surface area contributed by atoms with Crippen molar-refractivity contribution in [1.29, 1.82) is 0 Å². The molecule has 0 fully saturated rings. The van der Waals surface area contributed by atoms with E-state index in [9.17, 15) is 0 Å². The van der Waals surface area contributed by atoms with E-state index in [0.717, 1.165) is 17.6 Å². The molecule has 1 aromatic heterocycles. The van der Waals surface area contributed by atoms with Crippen LogP contribution in [0.1, 0.15) is 24.8 Å². The molecule has 98 valence electrons. The second kappa shape index (κ2) is 4.38. The smallest absolute Gasteiger partial charge is 0.135 e. The Morgan fingerprint density at radius 1 is 1.00 bits per heavy atom. The Labute approximate surface area is 118 Å². The van der Waals surface area contributed by atoms with E-state index in [1.807, 2.05) is 12.1 Å². The lowest BCUT2D eigenvalue weighted by molar-refractivity contribution is 0.667. The van der Waals surface area contributed by atoms with Crippen LogP contribution >= 0.6 is 0 Å². The molecule has 0 N–H and O–H groups in total. The fourth-order valence-corrected chi connectivity index (χ4v) is 2.95. The van der Waals surface area contributed by atoms with Gasteiger partial charge in [0.25, 0.3) is 0 Å². The average molecular weight is 260 g/mol. The Balaban J connectivity index is 1.83. The number of benzene rings is 2. The number of hydrogen-bond acceptors (Lipinski definition) is 1. The van der Waals surface area contributed by atoms with E-state index in [1.165, 1.54) is 21.9 Å². The molecular formula is C19H16O. The maximum Gasteiger partial charge on any atom is 0.135 e. The lowest BCUT2D eigenvalue weighted by Crippen LogP contribution is -1.97. The predicted octanol–water partition coefficient (Wildman–Crippen LogP) is 5.58. The molecule has 1 heteroatoms. The Morgan fingerprint density at radius 3 is 2.70 bits per heavy atom. The first-order valence-electron chi connectivity index (χ1n) is 7.07. The van der Waals surface area contributed by atoms with Gasteiger partial charge in [-0.15, -0.1) is 0 Å². The van der Waals surface area contributed by atoms with Gasteiger partial charge in [-0.3, -0.25) is 0 Å². The molecule has 1 aliphatic rings. The number of hydrogen-bond donors (Lipinski definition) is 0. The van der Waals surface area contributed by atoms with Crippen LogP contribution in [0.15, 0.2) is 70.7 Å². The fraction of sp³-hybridized carbons (Fsp3) is 0.158. The Hall–Kier alpha value is -2.28. The van der Waals surface area contributed by atoms with Crippen molar-refractivity contribution in [3.63, 3.8) is 0 Å². The van der Waals surface area contributed by atoms with Gasteiger partial charge in [-0.2, -0.15) is 0 Å². The van der Waals surface area contributed by atoms with Gasteiger partial charge in [0.05, 0.1) is 0 Å². The predicted molar refractivity (Wildman–Crippen MR) is 84.0 cm³/mol. The lowest BCUT2D eigenvalue weighted by Gasteiger charge is -2.15. The summed E-state index contributed by atoms with van der Waals surface area (Å²) in [6.07, 6.45) is 7.87. The summed E-state index contributed by atoms with van der Waals surface area (Å²) in [6, 6.07) is 14.8. The zero-order chi connectivity index (χ0) is 13.5. The van der Waals surface area contributed by atoms with E-state index in [4.69, 9.17) is 4.42 Å². The molecule has 1 nitrogen and oxygen atoms in total. The quantitative estimate of drug-likeness (QED) is 0.557. The topological polar surface area (TPSA) is 13.1 Å². The molecular weight excluding hydrogens is 244 g/mol. The molecule has 1 unspecified atom stereocenters. The summed E-state index contributed by atoms with van der Waals surface area (Å²) >= 11 is 0. The summed E-state index contributed by atoms with van der Waals surface area (Å²) < 4.78 is 5.97. The maximum absolute atomic E-state index is 5.97. The molecule has 2 aromatic carbocycles. The first-order chi connectivity index (χ1) is 9.81. The van der Waals surface area contributed by atoms with Crippen LogP contribution in [0.2, 0.25) is 0 Å². The van der Waals surface area contributed by atoms with Crippen LogP contribution in [0.4, 0.5) is 0 Å². The second-order valence-electron chi connectivity index (χ2n) is 5.50. The second-order valence-corrected chi connectivity index (χ2v) is 5.50. The van der Waals surface area contributed by atoms with Crippen molar-refractivity contribution in [2.24, 2.45) is 0 Å². The summed E-state index contributed by atoms with van der Waals surface area (Å²) in [5, 5.41) is 2.40. The third kappa shape index (κ3) is 1.78. The first-order valence-corrected chi connectivity index (χ1v) is 7.07. The summed E-state index contributed by atoms with van der Waals surface area (Å²) in [4.78, 5) is 0. The maximum atomic E-state index is 5.97. The molecule has 0 radical (unpaired) electrons. The summed E-state index contributed by atoms with van der Waals surface area (Å²) in [6.45, 7) is 2.15. The highest BCUT2D eigenvalue weighted by Gasteiger charge is 2.13. The highest BCUT2D eigenvalue weighted by Crippen LogP contribution is 2.33. The van der Waals surface area contributed by atoms with Gasteiger partial charge in [0.2, 0.25) is 0 Å². The molecule has 0 saturated heterocycles. The number of para-hydroxylation sites is 1. The van der Waals surface area contributed by atoms with Crippen LogP contribution in [0.3, 0.4) is 0 Å². The molecule has 4 rings (SSSR count). The van der Waals surface area contributed by atoms with Gasteiger partial charge < -0.3 is 4.42 Å². The highest BCUT2D eigenvalue weighted by molar-refractivity contribution is 6.04. The Morgan fingerprint density at radius 2 is 1.85 bits per heavy atom. The largest absolute Gasteiger partial charge is 0.456 e. The SMILES string of the molecule is CC1=CCC(c2ccc3c(c2)oc2ccccc23)C=C1. The van der Waals surface area contributed by atoms with Gasteiger partial charge >= 0.3 is 0 Å². The van der Waals surface area contributed by atoms with E-state index in [1.54, 1.807) is 0 Å². The van der Waals surface area contributed by atoms with E-state index in [-0.39, 0.29) is 0 Å². The highest BCUT2D eigenvalue weighted by atomic mass is 16.3. The van der Waals surface area contributed by atoms with Crippen molar-refractivity contribution in [2.75, 3.05) is 0 Å². The average Bonchev–Trinajstić information content (AvgIpc) is 2.85. The molecule has 1 aliphatic carbocycles. The zero-order valence-corrected chi connectivity index (χ0v) is 11.5. The van der Waals surface area contributed by atoms with Crippen LogP contribution in [-0.4, -0.2) is 0 Å². The Bertz CT molecular complexity index is 848. The van der Waals surface area contributed by atoms with Crippen LogP contribution < -0.4 is 0 Å². The third-order valence-electron chi connectivity index (χ3n) is 4.12. The number of rotatable bonds is 1. The molecule has 0 aliphatic heterocycles. The molecule has 0 bridgehead atoms. The standard InChI is InChI=1S/C19H16O/c1-13-6-8-14(9-7-13)15-10-11-17-16-4-2-3-5-18(16)20-19(17)12-15/h2-8,10-12,14H,9H2,1H3. The van der Waals surface area contributed by atoms with Crippen molar-refractivity contribution in [1.82, 2.24) is 0 Å². The van der Waals surface area contributed by atoms with Gasteiger partial charge in [-0.25, -0.2) is 0 Å². The number of fused-ring (bicyclic) bond motifs is 3. The minimum atomic E-state index is 0.469. The molecule has 0 amide bonds. The van der Waals surface area contributed by atoms with Crippen LogP contribution in [0, 0.1) is 0 Å². The summed E-state index contributed by atoms with van der Waals surface area (Å²) in [7, 11) is 0. The summed E-state index contributed by atoms with van der Waals surface area (Å²) in [5.41, 5.74) is 4.64. The van der Waals surface area contributed by atoms with E-state index in [0.29, 0.717) is 5.92 Å². The first kappa shape index (κ1) is 11.5. The molecule has 1 heterocycles. The van der Waals surface area contributed by atoms with Crippen LogP contribution in [-0.2, 0) is 0 Å². The minimum absolute atomic E-state index is 0.469. The van der Waals surface area contributed by atoms with Gasteiger partial charge in [0.15, 0.2) is 0 Å². The lowest BCUT2D eigenvalue weighted by atomic mass is 9.90. The fourth-order valence-electron chi connectivity index (χ4n) is 2.95. The molecule has 0 saturated carbocycles. The van der Waals surface area contributed by atoms with Gasteiger partial charge in [0.1, 0.15) is 11.2 Å². The van der Waals surface area contributed by atoms with Crippen molar-refractivity contribution in [2.45, 2.75) is 19.3 Å². The van der Waals surface area contributed by atoms with Gasteiger partial charge in [0, 0.05) is 16.7 Å². The molecule has 0 spiro atoms. The van der Waals surface area contributed by atoms with Crippen molar-refractivity contribution in [3.8, 4) is 0 Å². The third-order valence-corrected chi connectivity index (χ3v) is 4.12. The monoisotopic (exact) mass is 260 g/mol. The van der Waals surface area contributed by atoms with Crippen molar-refractivity contribution >= 4 is 21.9 Å². The van der Waals surface area contributed by atoms with E-state index >= 15 is 0 Å². The van der Waals surface area contributed by atoms with Crippen molar-refractivity contribution in [3.05, 3.63) is 71.8 Å². The van der Waals surface area contributed by atoms with E-state index in [2.05, 4.69) is 55.5 Å². The van der Waals surface area contributed by atoms with Gasteiger partial charge in [-0.1, -0.05) is 54.1 Å². The van der Waals surface area contributed by atoms with Gasteiger partial charge in [-0.05, 0) is 31.0 Å². The number of allylic oxidation sites excluding steroid dienone is 4. The molecule has 1 atom stereocenters. The molecule has 20 heavy (non-hydrogen) atoms. The number of furan rings is 1. The van der Waals surface area contributed by atoms with Crippen LogP contribution in [0.5, 0.6) is 0 Å². The minimum Gasteiger partial charge on any atom is -0.456 e. The summed E-state index contributed by atoms with van der Waals surface area (Å²) in [5.74, 6) is 0.469. The molecule has 3 aromatic rings. The van der Waals surface area contributed by atoms with Crippen LogP contribution in [0.25, 0.3) is 21.9 Å². The Kier molecular flexibility index (Phi) is 2.53. The normalized spacial score (nSPS) is 18.6. The van der Waals surface area contributed by atoms with Crippen molar-refractivity contribution < 1.29 is 4.42 Å². The van der Waals surface area contributed by atoms with E-state index < -0.39 is 0 Å².